The summed E-state index contributed by atoms with van der Waals surface area (Å²) in [5.41, 5.74) is 0.0587. The molecule has 1 N–H and O–H groups in total. The lowest BCUT2D eigenvalue weighted by Crippen LogP contribution is -2.20. The first-order valence-electron chi connectivity index (χ1n) is 6.32. The molecule has 0 radical (unpaired) electrons. The highest BCUT2D eigenvalue weighted by Crippen LogP contribution is 2.38. The lowest BCUT2D eigenvalue weighted by molar-refractivity contribution is -0.153. The highest BCUT2D eigenvalue weighted by Gasteiger charge is 2.29. The van der Waals surface area contributed by atoms with Crippen molar-refractivity contribution in [1.29, 1.82) is 0 Å². The third-order valence-electron chi connectivity index (χ3n) is 2.75. The number of benzene rings is 1. The molecule has 0 unspecified atom stereocenters. The highest BCUT2D eigenvalue weighted by molar-refractivity contribution is 7.98. The van der Waals surface area contributed by atoms with Gasteiger partial charge in [-0.25, -0.2) is 4.68 Å². The Morgan fingerprint density at radius 3 is 2.71 bits per heavy atom. The number of nitrogens with zero attached hydrogens (tertiary/aromatic N) is 4. The number of halogens is 4. The van der Waals surface area contributed by atoms with E-state index in [9.17, 15) is 18.0 Å². The molecule has 130 valence electrons. The van der Waals surface area contributed by atoms with Crippen LogP contribution >= 0.6 is 23.4 Å². The summed E-state index contributed by atoms with van der Waals surface area (Å²) < 4.78 is 42.8. The molecular weight excluding hydrogens is 371 g/mol. The van der Waals surface area contributed by atoms with Crippen LogP contribution in [0.15, 0.2) is 17.0 Å². The molecule has 2 aromatic rings. The third kappa shape index (κ3) is 4.29. The summed E-state index contributed by atoms with van der Waals surface area (Å²) in [5.74, 6) is -0.559. The molecule has 0 bridgehead atoms. The smallest absolute Gasteiger partial charge is 0.422 e. The molecule has 0 aliphatic carbocycles. The van der Waals surface area contributed by atoms with Gasteiger partial charge < -0.3 is 4.74 Å². The average molecular weight is 382 g/mol. The first-order chi connectivity index (χ1) is 11.2. The zero-order valence-corrected chi connectivity index (χ0v) is 14.0. The van der Waals surface area contributed by atoms with Gasteiger partial charge in [-0.3, -0.25) is 10.1 Å². The molecule has 0 spiro atoms. The number of hydrogen-bond acceptors (Lipinski definition) is 6. The number of amides is 1. The number of carbonyl (C=O) groups excluding carboxylic acids is 1. The molecule has 0 saturated heterocycles. The molecule has 1 aromatic carbocycles. The second-order valence-electron chi connectivity index (χ2n) is 4.44. The predicted molar refractivity (Wildman–Crippen MR) is 81.5 cm³/mol. The van der Waals surface area contributed by atoms with E-state index in [1.54, 1.807) is 6.26 Å². The number of tetrazole rings is 1. The van der Waals surface area contributed by atoms with Crippen molar-refractivity contribution in [3.8, 4) is 5.75 Å². The minimum absolute atomic E-state index is 0.0187. The van der Waals surface area contributed by atoms with Gasteiger partial charge in [0.25, 0.3) is 5.91 Å². The topological polar surface area (TPSA) is 81.9 Å². The van der Waals surface area contributed by atoms with E-state index in [2.05, 4.69) is 20.8 Å². The van der Waals surface area contributed by atoms with Crippen LogP contribution in [-0.2, 0) is 7.05 Å². The van der Waals surface area contributed by atoms with E-state index in [-0.39, 0.29) is 27.2 Å². The second kappa shape index (κ2) is 7.26. The Balaban J connectivity index is 2.25. The van der Waals surface area contributed by atoms with Crippen molar-refractivity contribution in [2.75, 3.05) is 18.2 Å². The normalized spacial score (nSPS) is 11.4. The van der Waals surface area contributed by atoms with Crippen LogP contribution in [0.4, 0.5) is 19.1 Å². The Kier molecular flexibility index (Phi) is 5.54. The predicted octanol–water partition coefficient (Wildman–Crippen LogP) is 2.78. The molecule has 24 heavy (non-hydrogen) atoms. The van der Waals surface area contributed by atoms with Gasteiger partial charge in [0.1, 0.15) is 5.75 Å². The number of alkyl halides is 3. The number of aryl methyl sites for hydroxylation is 1. The van der Waals surface area contributed by atoms with Gasteiger partial charge in [-0.1, -0.05) is 16.7 Å². The van der Waals surface area contributed by atoms with Gasteiger partial charge in [-0.2, -0.15) is 13.2 Å². The largest absolute Gasteiger partial charge is 0.483 e. The summed E-state index contributed by atoms with van der Waals surface area (Å²) >= 11 is 7.20. The molecule has 0 aliphatic rings. The summed E-state index contributed by atoms with van der Waals surface area (Å²) in [6, 6.07) is 2.53. The SMILES string of the molecule is CSc1c(OCC(F)(F)F)ccc(C(=O)Nc2nnnn2C)c1Cl. The number of anilines is 1. The lowest BCUT2D eigenvalue weighted by atomic mass is 10.2. The zero-order chi connectivity index (χ0) is 17.9. The maximum absolute atomic E-state index is 12.3. The van der Waals surface area contributed by atoms with Crippen molar-refractivity contribution in [1.82, 2.24) is 20.2 Å². The maximum Gasteiger partial charge on any atom is 0.422 e. The molecule has 0 saturated carbocycles. The first-order valence-corrected chi connectivity index (χ1v) is 7.93. The van der Waals surface area contributed by atoms with Gasteiger partial charge in [0.15, 0.2) is 6.61 Å². The average Bonchev–Trinajstić information content (AvgIpc) is 2.89. The summed E-state index contributed by atoms with van der Waals surface area (Å²) in [7, 11) is 1.53. The fraction of sp³-hybridized carbons (Fsp3) is 0.333. The van der Waals surface area contributed by atoms with Crippen molar-refractivity contribution in [2.24, 2.45) is 7.05 Å². The molecule has 7 nitrogen and oxygen atoms in total. The Hall–Kier alpha value is -2.01. The lowest BCUT2D eigenvalue weighted by Gasteiger charge is -2.15. The fourth-order valence-corrected chi connectivity index (χ4v) is 2.77. The molecule has 1 amide bonds. The Morgan fingerprint density at radius 2 is 2.17 bits per heavy atom. The Labute approximate surface area is 143 Å². The van der Waals surface area contributed by atoms with Crippen LogP contribution in [0, 0.1) is 0 Å². The van der Waals surface area contributed by atoms with E-state index in [0.717, 1.165) is 11.8 Å². The molecule has 1 heterocycles. The van der Waals surface area contributed by atoms with E-state index in [0.29, 0.717) is 0 Å². The molecule has 0 atom stereocenters. The number of ether oxygens (including phenoxy) is 1. The molecule has 12 heteroatoms. The van der Waals surface area contributed by atoms with Crippen LogP contribution in [0.3, 0.4) is 0 Å². The molecule has 1 aromatic heterocycles. The van der Waals surface area contributed by atoms with Crippen molar-refractivity contribution in [3.05, 3.63) is 22.7 Å². The minimum atomic E-state index is -4.48. The zero-order valence-electron chi connectivity index (χ0n) is 12.4. The van der Waals surface area contributed by atoms with Crippen LogP contribution in [0.25, 0.3) is 0 Å². The van der Waals surface area contributed by atoms with E-state index < -0.39 is 18.7 Å². The van der Waals surface area contributed by atoms with Gasteiger partial charge in [0.2, 0.25) is 5.95 Å². The highest BCUT2D eigenvalue weighted by atomic mass is 35.5. The summed E-state index contributed by atoms with van der Waals surface area (Å²) in [6.07, 6.45) is -2.87. The van der Waals surface area contributed by atoms with Gasteiger partial charge in [0, 0.05) is 7.05 Å². The van der Waals surface area contributed by atoms with E-state index in [4.69, 9.17) is 16.3 Å². The second-order valence-corrected chi connectivity index (χ2v) is 5.64. The number of hydrogen-bond donors (Lipinski definition) is 1. The monoisotopic (exact) mass is 381 g/mol. The molecule has 2 rings (SSSR count). The van der Waals surface area contributed by atoms with Crippen LogP contribution < -0.4 is 10.1 Å². The van der Waals surface area contributed by atoms with E-state index >= 15 is 0 Å². The van der Waals surface area contributed by atoms with E-state index in [1.165, 1.54) is 23.9 Å². The number of nitrogens with one attached hydrogen (secondary N) is 1. The summed E-state index contributed by atoms with van der Waals surface area (Å²) in [5, 5.41) is 13.0. The molecule has 0 aliphatic heterocycles. The van der Waals surface area contributed by atoms with Crippen molar-refractivity contribution in [3.63, 3.8) is 0 Å². The number of aromatic nitrogens is 4. The standard InChI is InChI=1S/C12H11ClF3N5O2S/c1-21-11(18-19-20-21)17-10(22)6-3-4-7(9(24-2)8(6)13)23-5-12(14,15)16/h3-4H,5H2,1-2H3,(H,17,18,20,22). The number of thioether (sulfide) groups is 1. The summed E-state index contributed by atoms with van der Waals surface area (Å²) in [4.78, 5) is 12.5. The van der Waals surface area contributed by atoms with Crippen LogP contribution in [-0.4, -0.2) is 45.2 Å². The maximum atomic E-state index is 12.3. The van der Waals surface area contributed by atoms with Gasteiger partial charge in [-0.05, 0) is 28.8 Å². The first kappa shape index (κ1) is 18.3. The van der Waals surface area contributed by atoms with Gasteiger partial charge >= 0.3 is 6.18 Å². The molecule has 0 fully saturated rings. The van der Waals surface area contributed by atoms with Gasteiger partial charge in [-0.15, -0.1) is 11.8 Å². The Bertz CT molecular complexity index is 753. The fourth-order valence-electron chi connectivity index (χ4n) is 1.68. The van der Waals surface area contributed by atoms with Crippen LogP contribution in [0.1, 0.15) is 10.4 Å². The third-order valence-corrected chi connectivity index (χ3v) is 4.06. The van der Waals surface area contributed by atoms with Crippen LogP contribution in [0.2, 0.25) is 5.02 Å². The van der Waals surface area contributed by atoms with Crippen molar-refractivity contribution >= 4 is 35.2 Å². The quantitative estimate of drug-likeness (QED) is 0.802. The Morgan fingerprint density at radius 1 is 1.46 bits per heavy atom. The number of rotatable bonds is 5. The minimum Gasteiger partial charge on any atom is -0.483 e. The van der Waals surface area contributed by atoms with Crippen LogP contribution in [0.5, 0.6) is 5.75 Å². The number of carbonyl (C=O) groups is 1. The van der Waals surface area contributed by atoms with E-state index in [1.807, 2.05) is 0 Å². The summed E-state index contributed by atoms with van der Waals surface area (Å²) in [6.45, 7) is -1.45. The van der Waals surface area contributed by atoms with Crippen molar-refractivity contribution in [2.45, 2.75) is 11.1 Å². The van der Waals surface area contributed by atoms with Crippen molar-refractivity contribution < 1.29 is 22.7 Å². The molecular formula is C12H11ClF3N5O2S. The van der Waals surface area contributed by atoms with Gasteiger partial charge in [0.05, 0.1) is 15.5 Å².